The fourth-order valence-corrected chi connectivity index (χ4v) is 8.69. The van der Waals surface area contributed by atoms with E-state index >= 15 is 0 Å². The van der Waals surface area contributed by atoms with Gasteiger partial charge in [0.15, 0.2) is 0 Å². The normalized spacial score (nSPS) is 27.7. The molecule has 3 aliphatic carbocycles. The van der Waals surface area contributed by atoms with Gasteiger partial charge < -0.3 is 31.3 Å². The molecular formula is C34H57N5O6. The monoisotopic (exact) mass is 631 g/mol. The zero-order chi connectivity index (χ0) is 33.3. The van der Waals surface area contributed by atoms with Crippen LogP contribution in [0, 0.1) is 34.5 Å². The number of ether oxygens (including phenoxy) is 1. The van der Waals surface area contributed by atoms with E-state index in [0.717, 1.165) is 51.4 Å². The topological polar surface area (TPSA) is 160 Å². The highest BCUT2D eigenvalue weighted by Crippen LogP contribution is 2.65. The molecule has 254 valence electrons. The van der Waals surface area contributed by atoms with E-state index < -0.39 is 52.7 Å². The highest BCUT2D eigenvalue weighted by Gasteiger charge is 2.70. The molecule has 45 heavy (non-hydrogen) atoms. The molecule has 1 saturated heterocycles. The van der Waals surface area contributed by atoms with Crippen LogP contribution in [0.4, 0.5) is 4.79 Å². The maximum absolute atomic E-state index is 14.6. The number of amides is 5. The van der Waals surface area contributed by atoms with Gasteiger partial charge in [-0.05, 0) is 67.1 Å². The van der Waals surface area contributed by atoms with Gasteiger partial charge in [-0.25, -0.2) is 4.79 Å². The van der Waals surface area contributed by atoms with Crippen LogP contribution in [0.3, 0.4) is 0 Å². The number of hydrogen-bond acceptors (Lipinski definition) is 6. The predicted molar refractivity (Wildman–Crippen MR) is 171 cm³/mol. The molecule has 1 heterocycles. The number of nitrogens with one attached hydrogen (secondary N) is 3. The highest BCUT2D eigenvalue weighted by molar-refractivity contribution is 6.37. The van der Waals surface area contributed by atoms with E-state index in [1.165, 1.54) is 0 Å². The predicted octanol–water partition coefficient (Wildman–Crippen LogP) is 3.29. The third kappa shape index (κ3) is 7.66. The molecule has 6 atom stereocenters. The van der Waals surface area contributed by atoms with Gasteiger partial charge in [-0.2, -0.15) is 0 Å². The Morgan fingerprint density at radius 1 is 1.00 bits per heavy atom. The Kier molecular flexibility index (Phi) is 10.6. The Morgan fingerprint density at radius 2 is 1.64 bits per heavy atom. The number of rotatable bonds is 14. The summed E-state index contributed by atoms with van der Waals surface area (Å²) in [7, 11) is 1.60. The summed E-state index contributed by atoms with van der Waals surface area (Å²) in [5, 5.41) is 9.02. The Labute approximate surface area is 268 Å². The standard InChI is InChI=1S/C34H57N5O6/c1-20(2)17-34(6,19-45-7)38-31(44)37-27(33(5)14-9-8-10-15-33)30(43)39-18-22-24(32(22,3)4)25(39)29(42)36-23(26(40)28(35)41)16-21-12-11-13-21/h20-25,27H,8-19H2,1-7H3,(H2,35,41)(H,36,42)(H2,37,38,44)/t22-,23?,24-,25-,27+,34+/m0/s1. The van der Waals surface area contributed by atoms with Crippen LogP contribution in [-0.2, 0) is 23.9 Å². The van der Waals surface area contributed by atoms with Crippen LogP contribution in [-0.4, -0.2) is 78.4 Å². The summed E-state index contributed by atoms with van der Waals surface area (Å²) < 4.78 is 5.44. The Morgan fingerprint density at radius 3 is 2.18 bits per heavy atom. The fraction of sp³-hybridized carbons (Fsp3) is 0.853. The zero-order valence-electron chi connectivity index (χ0n) is 28.5. The second-order valence-electron chi connectivity index (χ2n) is 16.0. The lowest BCUT2D eigenvalue weighted by molar-refractivity contribution is -0.146. The minimum atomic E-state index is -1.07. The second-order valence-corrected chi connectivity index (χ2v) is 16.0. The number of fused-ring (bicyclic) bond motifs is 1. The van der Waals surface area contributed by atoms with E-state index in [1.54, 1.807) is 12.0 Å². The van der Waals surface area contributed by atoms with Crippen molar-refractivity contribution in [3.05, 3.63) is 0 Å². The third-order valence-corrected chi connectivity index (χ3v) is 11.4. The average molecular weight is 632 g/mol. The molecule has 11 nitrogen and oxygen atoms in total. The molecule has 5 N–H and O–H groups in total. The summed E-state index contributed by atoms with van der Waals surface area (Å²) in [5.41, 5.74) is 4.11. The van der Waals surface area contributed by atoms with Crippen LogP contribution >= 0.6 is 0 Å². The number of primary amides is 1. The third-order valence-electron chi connectivity index (χ3n) is 11.4. The molecule has 1 unspecified atom stereocenters. The van der Waals surface area contributed by atoms with Crippen molar-refractivity contribution in [2.45, 2.75) is 129 Å². The number of nitrogens with zero attached hydrogens (tertiary/aromatic N) is 1. The molecule has 0 aromatic rings. The molecule has 11 heteroatoms. The summed E-state index contributed by atoms with van der Waals surface area (Å²) in [6.45, 7) is 13.1. The van der Waals surface area contributed by atoms with Gasteiger partial charge in [-0.15, -0.1) is 0 Å². The molecule has 4 rings (SSSR count). The van der Waals surface area contributed by atoms with Crippen LogP contribution in [0.25, 0.3) is 0 Å². The number of likely N-dealkylation sites (tertiary alicyclic amines) is 1. The van der Waals surface area contributed by atoms with Crippen molar-refractivity contribution < 1.29 is 28.7 Å². The lowest BCUT2D eigenvalue weighted by atomic mass is 9.70. The number of urea groups is 1. The van der Waals surface area contributed by atoms with Crippen molar-refractivity contribution in [2.24, 2.45) is 40.2 Å². The van der Waals surface area contributed by atoms with Crippen LogP contribution < -0.4 is 21.7 Å². The van der Waals surface area contributed by atoms with Gasteiger partial charge in [-0.3, -0.25) is 19.2 Å². The van der Waals surface area contributed by atoms with Gasteiger partial charge in [0, 0.05) is 13.7 Å². The first-order valence-corrected chi connectivity index (χ1v) is 17.0. The summed E-state index contributed by atoms with van der Waals surface area (Å²) in [6.07, 6.45) is 8.56. The number of Topliss-reactive ketones (excluding diaryl/α,β-unsaturated/α-hetero) is 1. The van der Waals surface area contributed by atoms with Gasteiger partial charge >= 0.3 is 6.03 Å². The average Bonchev–Trinajstić information content (AvgIpc) is 3.24. The molecular weight excluding hydrogens is 574 g/mol. The molecule has 1 aliphatic heterocycles. The summed E-state index contributed by atoms with van der Waals surface area (Å²) in [5.74, 6) is -1.96. The Hall–Kier alpha value is -2.69. The van der Waals surface area contributed by atoms with Crippen LogP contribution in [0.5, 0.6) is 0 Å². The summed E-state index contributed by atoms with van der Waals surface area (Å²) in [4.78, 5) is 68.6. The van der Waals surface area contributed by atoms with Gasteiger partial charge in [0.2, 0.25) is 17.6 Å². The molecule has 0 aromatic heterocycles. The SMILES string of the molecule is COC[C@@](C)(CC(C)C)NC(=O)N[C@H](C(=O)N1C[C@H]2[C@@H]([C@H]1C(=O)NC(CC1CCC1)C(=O)C(N)=O)C2(C)C)C1(C)CCCCC1. The quantitative estimate of drug-likeness (QED) is 0.215. The first-order valence-electron chi connectivity index (χ1n) is 17.0. The molecule has 4 aliphatic rings. The lowest BCUT2D eigenvalue weighted by Crippen LogP contribution is -2.64. The molecule has 0 bridgehead atoms. The summed E-state index contributed by atoms with van der Waals surface area (Å²) >= 11 is 0. The number of carbonyl (C=O) groups is 5. The molecule has 5 amide bonds. The number of methoxy groups -OCH3 is 1. The smallest absolute Gasteiger partial charge is 0.315 e. The van der Waals surface area contributed by atoms with Crippen molar-refractivity contribution in [2.75, 3.05) is 20.3 Å². The number of nitrogens with two attached hydrogens (primary N) is 1. The Bertz CT molecular complexity index is 1150. The molecule has 3 saturated carbocycles. The molecule has 0 spiro atoms. The van der Waals surface area contributed by atoms with Crippen LogP contribution in [0.15, 0.2) is 0 Å². The molecule has 4 fully saturated rings. The van der Waals surface area contributed by atoms with Gasteiger partial charge in [-0.1, -0.05) is 73.1 Å². The van der Waals surface area contributed by atoms with Crippen molar-refractivity contribution in [1.29, 1.82) is 0 Å². The van der Waals surface area contributed by atoms with Gasteiger partial charge in [0.1, 0.15) is 12.1 Å². The summed E-state index contributed by atoms with van der Waals surface area (Å²) in [6, 6.07) is -3.08. The maximum atomic E-state index is 14.6. The van der Waals surface area contributed by atoms with E-state index in [2.05, 4.69) is 50.6 Å². The number of hydrogen-bond donors (Lipinski definition) is 4. The molecule has 0 radical (unpaired) electrons. The van der Waals surface area contributed by atoms with Crippen LogP contribution in [0.2, 0.25) is 0 Å². The van der Waals surface area contributed by atoms with Crippen molar-refractivity contribution >= 4 is 29.5 Å². The van der Waals surface area contributed by atoms with Crippen LogP contribution in [0.1, 0.15) is 106 Å². The van der Waals surface area contributed by atoms with Gasteiger partial charge in [0.05, 0.1) is 18.2 Å². The van der Waals surface area contributed by atoms with E-state index in [9.17, 15) is 24.0 Å². The Balaban J connectivity index is 1.59. The first-order chi connectivity index (χ1) is 21.0. The minimum Gasteiger partial charge on any atom is -0.382 e. The van der Waals surface area contributed by atoms with Crippen molar-refractivity contribution in [1.82, 2.24) is 20.9 Å². The maximum Gasteiger partial charge on any atom is 0.315 e. The number of piperidine rings is 1. The van der Waals surface area contributed by atoms with Crippen molar-refractivity contribution in [3.63, 3.8) is 0 Å². The number of carbonyl (C=O) groups excluding carboxylic acids is 5. The highest BCUT2D eigenvalue weighted by atomic mass is 16.5. The van der Waals surface area contributed by atoms with E-state index in [1.807, 2.05) is 6.92 Å². The number of ketones is 1. The van der Waals surface area contributed by atoms with E-state index in [4.69, 9.17) is 10.5 Å². The minimum absolute atomic E-state index is 0.0841. The van der Waals surface area contributed by atoms with E-state index in [0.29, 0.717) is 31.9 Å². The zero-order valence-corrected chi connectivity index (χ0v) is 28.5. The lowest BCUT2D eigenvalue weighted by Gasteiger charge is -2.43. The second kappa shape index (κ2) is 13.6. The largest absolute Gasteiger partial charge is 0.382 e. The fourth-order valence-electron chi connectivity index (χ4n) is 8.69. The van der Waals surface area contributed by atoms with E-state index in [-0.39, 0.29) is 29.1 Å². The van der Waals surface area contributed by atoms with Gasteiger partial charge in [0.25, 0.3) is 5.91 Å². The molecule has 0 aromatic carbocycles. The van der Waals surface area contributed by atoms with Crippen molar-refractivity contribution in [3.8, 4) is 0 Å². The first kappa shape index (κ1) is 35.2.